The molecule has 0 radical (unpaired) electrons. The Morgan fingerprint density at radius 3 is 0.421 bits per heavy atom. The van der Waals surface area contributed by atoms with Gasteiger partial charge in [-0.15, -0.1) is 0 Å². The summed E-state index contributed by atoms with van der Waals surface area (Å²) >= 11 is 0. The van der Waals surface area contributed by atoms with E-state index < -0.39 is 0 Å². The van der Waals surface area contributed by atoms with E-state index in [1.165, 1.54) is 0 Å². The zero-order valence-corrected chi connectivity index (χ0v) is 62.3. The predicted octanol–water partition coefficient (Wildman–Crippen LogP) is 28.1. The Morgan fingerprint density at radius 2 is 0.254 bits per heavy atom. The quantitative estimate of drug-likeness (QED) is 0.0852. The Kier molecular flexibility index (Phi) is 19.1. The van der Waals surface area contributed by atoms with Crippen LogP contribution >= 0.6 is 0 Å². The van der Waals surface area contributed by atoms with Crippen LogP contribution in [-0.4, -0.2) is 29.9 Å². The van der Waals surface area contributed by atoms with Crippen molar-refractivity contribution < 1.29 is 0 Å². The lowest BCUT2D eigenvalue weighted by molar-refractivity contribution is 1.18. The second kappa shape index (κ2) is 31.4. The molecule has 0 aliphatic carbocycles. The van der Waals surface area contributed by atoms with Crippen molar-refractivity contribution in [1.82, 2.24) is 29.9 Å². The fraction of sp³-hybridized carbons (Fsp3) is 0. The van der Waals surface area contributed by atoms with Gasteiger partial charge in [0.25, 0.3) is 0 Å². The molecule has 0 N–H and O–H groups in total. The van der Waals surface area contributed by atoms with E-state index in [0.717, 1.165) is 201 Å². The van der Waals surface area contributed by atoms with Crippen molar-refractivity contribution in [3.63, 3.8) is 0 Å². The van der Waals surface area contributed by atoms with Gasteiger partial charge in [0.2, 0.25) is 0 Å². The first kappa shape index (κ1) is 69.2. The van der Waals surface area contributed by atoms with E-state index in [1.807, 2.05) is 73.3 Å². The number of hydrogen-bond acceptors (Lipinski definition) is 6. The first-order valence-corrected chi connectivity index (χ1v) is 38.5. The zero-order valence-electron chi connectivity index (χ0n) is 62.3. The third kappa shape index (κ3) is 14.3. The molecule has 0 spiro atoms. The van der Waals surface area contributed by atoms with Crippen LogP contribution in [0.1, 0.15) is 0 Å². The van der Waals surface area contributed by atoms with Crippen LogP contribution in [0, 0.1) is 0 Å². The van der Waals surface area contributed by atoms with Gasteiger partial charge in [0.05, 0.1) is 34.2 Å². The highest BCUT2D eigenvalue weighted by molar-refractivity contribution is 5.97. The van der Waals surface area contributed by atoms with Gasteiger partial charge in [-0.1, -0.05) is 315 Å². The molecule has 5 heterocycles. The minimum Gasteiger partial charge on any atom is -0.256 e. The Morgan fingerprint density at radius 1 is 0.105 bits per heavy atom. The summed E-state index contributed by atoms with van der Waals surface area (Å²) < 4.78 is 0. The maximum absolute atomic E-state index is 4.90. The van der Waals surface area contributed by atoms with Gasteiger partial charge in [-0.2, -0.15) is 0 Å². The highest BCUT2D eigenvalue weighted by Gasteiger charge is 2.21. The number of benzene rings is 14. The van der Waals surface area contributed by atoms with E-state index in [9.17, 15) is 0 Å². The van der Waals surface area contributed by atoms with Crippen molar-refractivity contribution in [2.24, 2.45) is 0 Å². The summed E-state index contributed by atoms with van der Waals surface area (Å²) in [6, 6.07) is 146. The van der Waals surface area contributed by atoms with Crippen LogP contribution in [0.2, 0.25) is 0 Å². The molecule has 6 heteroatoms. The lowest BCUT2D eigenvalue weighted by atomic mass is 9.86. The molecule has 0 atom stereocenters. The van der Waals surface area contributed by atoms with E-state index in [2.05, 4.69) is 378 Å². The molecule has 534 valence electrons. The fourth-order valence-corrected chi connectivity index (χ4v) is 15.8. The molecule has 0 amide bonds. The van der Waals surface area contributed by atoms with Gasteiger partial charge < -0.3 is 0 Å². The van der Waals surface area contributed by atoms with Crippen LogP contribution in [0.5, 0.6) is 0 Å². The van der Waals surface area contributed by atoms with E-state index >= 15 is 0 Å². The SMILES string of the molecule is c1ccc(-c2ccc(-c3ccccc3-c3cc(-c4ccccc4-c4ccc(-c5ccccn5)cc4)cc(-c4ccccc4-c4ccc(-c5cc(-c6ccc(-c7ccccc7-c7cc(-c8ccccc8-c8ccc(-c9ccccn9)cc8)cc(-c8ccccc8-c8ccc(-c9ccccn9)cc8)c7)cc6)ncn5)cc4)c3)cc2)nc1. The molecule has 0 aliphatic rings. The van der Waals surface area contributed by atoms with Gasteiger partial charge in [0.1, 0.15) is 6.33 Å². The molecule has 0 unspecified atom stereocenters. The van der Waals surface area contributed by atoms with E-state index in [0.29, 0.717) is 0 Å². The maximum atomic E-state index is 4.90. The average molecular weight is 1450 g/mol. The van der Waals surface area contributed by atoms with E-state index in [4.69, 9.17) is 9.97 Å². The van der Waals surface area contributed by atoms with E-state index in [-0.39, 0.29) is 0 Å². The number of nitrogens with zero attached hydrogens (tertiary/aromatic N) is 6. The van der Waals surface area contributed by atoms with Crippen molar-refractivity contribution in [2.75, 3.05) is 0 Å². The van der Waals surface area contributed by atoms with Crippen molar-refractivity contribution in [2.45, 2.75) is 0 Å². The molecule has 0 aliphatic heterocycles. The second-order valence-corrected chi connectivity index (χ2v) is 28.5. The summed E-state index contributed by atoms with van der Waals surface area (Å²) in [5.41, 5.74) is 38.7. The lowest BCUT2D eigenvalue weighted by Crippen LogP contribution is -1.93. The Hall–Kier alpha value is -15.2. The first-order chi connectivity index (χ1) is 56.5. The van der Waals surface area contributed by atoms with Crippen molar-refractivity contribution >= 4 is 0 Å². The molecule has 19 rings (SSSR count). The fourth-order valence-electron chi connectivity index (χ4n) is 15.8. The Labute approximate surface area is 664 Å². The standard InChI is InChI=1S/C108H72N6/c1-7-27-97(91(21-1)73-37-49-79(50-38-73)103-33-13-17-61-109-103)85-65-86(98-28-8-2-22-92(98)74-39-51-80(52-40-74)104-34-14-18-62-110-104)68-89(67-85)101-31-11-5-25-95(101)77-45-57-83(58-46-77)107-71-108(114-72-113-107)84-59-47-78(48-60-84)96-26-6-12-32-102(96)90-69-87(99-29-9-3-23-93(99)75-41-53-81(54-42-75)105-35-15-19-63-111-105)66-88(70-90)100-30-10-4-24-94(100)76-43-55-82(56-44-76)106-36-16-20-64-112-106/h1-72H. The van der Waals surface area contributed by atoms with Crippen LogP contribution in [0.15, 0.2) is 438 Å². The van der Waals surface area contributed by atoms with Crippen LogP contribution < -0.4 is 0 Å². The van der Waals surface area contributed by atoms with Gasteiger partial charge >= 0.3 is 0 Å². The summed E-state index contributed by atoms with van der Waals surface area (Å²) in [7, 11) is 0. The van der Waals surface area contributed by atoms with Crippen molar-refractivity contribution in [1.29, 1.82) is 0 Å². The molecule has 19 aromatic rings. The summed E-state index contributed by atoms with van der Waals surface area (Å²) in [6.45, 7) is 0. The van der Waals surface area contributed by atoms with Gasteiger partial charge in [0, 0.05) is 58.2 Å². The Bertz CT molecular complexity index is 5940. The van der Waals surface area contributed by atoms with Crippen molar-refractivity contribution in [3.05, 3.63) is 438 Å². The highest BCUT2D eigenvalue weighted by Crippen LogP contribution is 2.46. The maximum Gasteiger partial charge on any atom is 0.116 e. The smallest absolute Gasteiger partial charge is 0.116 e. The molecular weight excluding hydrogens is 1380 g/mol. The number of hydrogen-bond donors (Lipinski definition) is 0. The average Bonchev–Trinajstić information content (AvgIpc) is 0.761. The normalized spacial score (nSPS) is 11.2. The molecule has 114 heavy (non-hydrogen) atoms. The van der Waals surface area contributed by atoms with Crippen LogP contribution in [-0.2, 0) is 0 Å². The zero-order chi connectivity index (χ0) is 75.9. The van der Waals surface area contributed by atoms with Crippen molar-refractivity contribution in [3.8, 4) is 201 Å². The molecule has 0 fully saturated rings. The summed E-state index contributed by atoms with van der Waals surface area (Å²) in [4.78, 5) is 28.4. The van der Waals surface area contributed by atoms with Crippen LogP contribution in [0.4, 0.5) is 0 Å². The molecular formula is C108H72N6. The summed E-state index contributed by atoms with van der Waals surface area (Å²) in [6.07, 6.45) is 9.06. The highest BCUT2D eigenvalue weighted by atomic mass is 14.8. The summed E-state index contributed by atoms with van der Waals surface area (Å²) in [5.74, 6) is 0. The van der Waals surface area contributed by atoms with Crippen LogP contribution in [0.25, 0.3) is 201 Å². The molecule has 0 saturated heterocycles. The van der Waals surface area contributed by atoms with Gasteiger partial charge in [-0.3, -0.25) is 19.9 Å². The molecule has 6 nitrogen and oxygen atoms in total. The molecule has 0 saturated carbocycles. The van der Waals surface area contributed by atoms with E-state index in [1.54, 1.807) is 6.33 Å². The predicted molar refractivity (Wildman–Crippen MR) is 471 cm³/mol. The summed E-state index contributed by atoms with van der Waals surface area (Å²) in [5, 5.41) is 0. The number of rotatable bonds is 18. The number of aromatic nitrogens is 6. The molecule has 5 aromatic heterocycles. The topological polar surface area (TPSA) is 77.3 Å². The number of pyridine rings is 4. The Balaban J connectivity index is 0.643. The van der Waals surface area contributed by atoms with Gasteiger partial charge in [0.15, 0.2) is 0 Å². The van der Waals surface area contributed by atoms with Gasteiger partial charge in [-0.05, 0) is 225 Å². The van der Waals surface area contributed by atoms with Crippen LogP contribution in [0.3, 0.4) is 0 Å². The lowest BCUT2D eigenvalue weighted by Gasteiger charge is -2.18. The minimum atomic E-state index is 0.837. The third-order valence-corrected chi connectivity index (χ3v) is 21.6. The largest absolute Gasteiger partial charge is 0.256 e. The molecule has 14 aromatic carbocycles. The minimum absolute atomic E-state index is 0.837. The second-order valence-electron chi connectivity index (χ2n) is 28.5. The monoisotopic (exact) mass is 1450 g/mol. The van der Waals surface area contributed by atoms with Gasteiger partial charge in [-0.25, -0.2) is 9.97 Å². The molecule has 0 bridgehead atoms. The third-order valence-electron chi connectivity index (χ3n) is 21.6. The first-order valence-electron chi connectivity index (χ1n) is 38.5.